The molecule has 0 saturated heterocycles. The van der Waals surface area contributed by atoms with Crippen LogP contribution in [0.5, 0.6) is 5.75 Å². The number of ether oxygens (including phenoxy) is 1. The third-order valence-corrected chi connectivity index (χ3v) is 6.15. The van der Waals surface area contributed by atoms with E-state index in [-0.39, 0.29) is 11.8 Å². The van der Waals surface area contributed by atoms with Crippen molar-refractivity contribution < 1.29 is 9.53 Å². The highest BCUT2D eigenvalue weighted by molar-refractivity contribution is 7.15. The molecule has 1 amide bonds. The van der Waals surface area contributed by atoms with Crippen molar-refractivity contribution in [2.75, 3.05) is 7.11 Å². The first-order valence-corrected chi connectivity index (χ1v) is 10.00. The molecule has 4 nitrogen and oxygen atoms in total. The van der Waals surface area contributed by atoms with E-state index in [0.717, 1.165) is 46.8 Å². The molecule has 0 fully saturated rings. The number of para-hydroxylation sites is 1. The Hall–Kier alpha value is -2.66. The predicted molar refractivity (Wildman–Crippen MR) is 108 cm³/mol. The van der Waals surface area contributed by atoms with Gasteiger partial charge in [0.1, 0.15) is 10.8 Å². The molecule has 1 aromatic heterocycles. The SMILES string of the molecule is COc1ccccc1CNC(=O)C1CCc2nc(-c3ccccc3)sc2C1. The third kappa shape index (κ3) is 3.88. The fraction of sp³-hybridized carbons (Fsp3) is 0.273. The van der Waals surface area contributed by atoms with Gasteiger partial charge in [0, 0.05) is 28.5 Å². The summed E-state index contributed by atoms with van der Waals surface area (Å²) in [4.78, 5) is 18.7. The second-order valence-electron chi connectivity index (χ2n) is 6.72. The van der Waals surface area contributed by atoms with E-state index in [0.29, 0.717) is 6.54 Å². The number of carbonyl (C=O) groups excluding carboxylic acids is 1. The lowest BCUT2D eigenvalue weighted by molar-refractivity contribution is -0.125. The number of methoxy groups -OCH3 is 1. The van der Waals surface area contributed by atoms with E-state index in [2.05, 4.69) is 17.4 Å². The van der Waals surface area contributed by atoms with Gasteiger partial charge in [-0.05, 0) is 25.3 Å². The Labute approximate surface area is 163 Å². The standard InChI is InChI=1S/C22H22N2O2S/c1-26-19-10-6-5-9-17(19)14-23-21(25)16-11-12-18-20(13-16)27-22(24-18)15-7-3-2-4-8-15/h2-10,16H,11-14H2,1H3,(H,23,25). The van der Waals surface area contributed by atoms with Crippen LogP contribution in [0.4, 0.5) is 0 Å². The number of nitrogens with zero attached hydrogens (tertiary/aromatic N) is 1. The van der Waals surface area contributed by atoms with Gasteiger partial charge in [-0.15, -0.1) is 11.3 Å². The van der Waals surface area contributed by atoms with Gasteiger partial charge in [-0.25, -0.2) is 4.98 Å². The highest BCUT2D eigenvalue weighted by Crippen LogP contribution is 2.34. The molecule has 2 aromatic carbocycles. The molecule has 1 heterocycles. The lowest BCUT2D eigenvalue weighted by atomic mass is 9.90. The summed E-state index contributed by atoms with van der Waals surface area (Å²) in [5.74, 6) is 0.927. The van der Waals surface area contributed by atoms with Crippen LogP contribution in [0.25, 0.3) is 10.6 Å². The first-order valence-electron chi connectivity index (χ1n) is 9.18. The Balaban J connectivity index is 1.42. The molecule has 1 aliphatic carbocycles. The maximum Gasteiger partial charge on any atom is 0.223 e. The van der Waals surface area contributed by atoms with Crippen LogP contribution in [0.15, 0.2) is 54.6 Å². The first-order chi connectivity index (χ1) is 13.2. The average molecular weight is 378 g/mol. The fourth-order valence-electron chi connectivity index (χ4n) is 3.48. The van der Waals surface area contributed by atoms with Crippen LogP contribution in [0, 0.1) is 5.92 Å². The maximum atomic E-state index is 12.7. The normalized spacial score (nSPS) is 15.8. The van der Waals surface area contributed by atoms with E-state index in [1.165, 1.54) is 4.88 Å². The quantitative estimate of drug-likeness (QED) is 0.722. The highest BCUT2D eigenvalue weighted by atomic mass is 32.1. The smallest absolute Gasteiger partial charge is 0.223 e. The minimum atomic E-state index is 0.0104. The number of rotatable bonds is 5. The molecule has 0 spiro atoms. The van der Waals surface area contributed by atoms with Crippen molar-refractivity contribution >= 4 is 17.2 Å². The molecule has 1 atom stereocenters. The van der Waals surface area contributed by atoms with Crippen LogP contribution < -0.4 is 10.1 Å². The predicted octanol–water partition coefficient (Wildman–Crippen LogP) is 4.24. The van der Waals surface area contributed by atoms with E-state index in [1.807, 2.05) is 42.5 Å². The Kier molecular flexibility index (Phi) is 5.21. The van der Waals surface area contributed by atoms with Crippen molar-refractivity contribution in [3.8, 4) is 16.3 Å². The average Bonchev–Trinajstić information content (AvgIpc) is 3.16. The van der Waals surface area contributed by atoms with Crippen molar-refractivity contribution in [1.29, 1.82) is 0 Å². The molecule has 0 saturated carbocycles. The van der Waals surface area contributed by atoms with E-state index >= 15 is 0 Å². The monoisotopic (exact) mass is 378 g/mol. The minimum absolute atomic E-state index is 0.0104. The van der Waals surface area contributed by atoms with E-state index in [4.69, 9.17) is 9.72 Å². The number of amides is 1. The summed E-state index contributed by atoms with van der Waals surface area (Å²) >= 11 is 1.72. The lowest BCUT2D eigenvalue weighted by Gasteiger charge is -2.20. The first kappa shape index (κ1) is 17.7. The Morgan fingerprint density at radius 2 is 1.96 bits per heavy atom. The number of aromatic nitrogens is 1. The number of fused-ring (bicyclic) bond motifs is 1. The lowest BCUT2D eigenvalue weighted by Crippen LogP contribution is -2.33. The molecule has 138 valence electrons. The molecule has 1 N–H and O–H groups in total. The molecular formula is C22H22N2O2S. The van der Waals surface area contributed by atoms with E-state index in [9.17, 15) is 4.79 Å². The summed E-state index contributed by atoms with van der Waals surface area (Å²) in [5.41, 5.74) is 3.30. The van der Waals surface area contributed by atoms with Crippen LogP contribution in [0.2, 0.25) is 0 Å². The summed E-state index contributed by atoms with van der Waals surface area (Å²) in [6.07, 6.45) is 2.49. The van der Waals surface area contributed by atoms with Gasteiger partial charge in [-0.2, -0.15) is 0 Å². The Morgan fingerprint density at radius 3 is 2.78 bits per heavy atom. The minimum Gasteiger partial charge on any atom is -0.496 e. The molecule has 0 radical (unpaired) electrons. The van der Waals surface area contributed by atoms with Crippen LogP contribution in [-0.4, -0.2) is 18.0 Å². The molecule has 4 rings (SSSR count). The Bertz CT molecular complexity index is 936. The fourth-order valence-corrected chi connectivity index (χ4v) is 4.67. The molecule has 0 aliphatic heterocycles. The van der Waals surface area contributed by atoms with Gasteiger partial charge in [-0.3, -0.25) is 4.79 Å². The van der Waals surface area contributed by atoms with Gasteiger partial charge in [0.2, 0.25) is 5.91 Å². The number of hydrogen-bond donors (Lipinski definition) is 1. The number of aryl methyl sites for hydroxylation is 1. The Morgan fingerprint density at radius 1 is 1.19 bits per heavy atom. The second-order valence-corrected chi connectivity index (χ2v) is 7.81. The van der Waals surface area contributed by atoms with E-state index < -0.39 is 0 Å². The molecule has 1 unspecified atom stereocenters. The molecule has 3 aromatic rings. The summed E-state index contributed by atoms with van der Waals surface area (Å²) in [5, 5.41) is 4.13. The number of thiazole rings is 1. The van der Waals surface area contributed by atoms with Gasteiger partial charge in [0.05, 0.1) is 12.8 Å². The third-order valence-electron chi connectivity index (χ3n) is 4.98. The molecule has 5 heteroatoms. The number of benzene rings is 2. The highest BCUT2D eigenvalue weighted by Gasteiger charge is 2.27. The zero-order valence-corrected chi connectivity index (χ0v) is 16.1. The summed E-state index contributed by atoms with van der Waals surface area (Å²) < 4.78 is 5.36. The molecular weight excluding hydrogens is 356 g/mol. The van der Waals surface area contributed by atoms with Crippen molar-refractivity contribution in [3.05, 3.63) is 70.7 Å². The van der Waals surface area contributed by atoms with Crippen LogP contribution >= 0.6 is 11.3 Å². The second kappa shape index (κ2) is 7.92. The topological polar surface area (TPSA) is 51.2 Å². The van der Waals surface area contributed by atoms with Crippen molar-refractivity contribution in [2.24, 2.45) is 5.92 Å². The maximum absolute atomic E-state index is 12.7. The van der Waals surface area contributed by atoms with Crippen LogP contribution in [-0.2, 0) is 24.2 Å². The van der Waals surface area contributed by atoms with E-state index in [1.54, 1.807) is 18.4 Å². The summed E-state index contributed by atoms with van der Waals surface area (Å²) in [6.45, 7) is 0.490. The summed E-state index contributed by atoms with van der Waals surface area (Å²) in [6, 6.07) is 18.0. The van der Waals surface area contributed by atoms with Gasteiger partial charge in [-0.1, -0.05) is 48.5 Å². The number of hydrogen-bond acceptors (Lipinski definition) is 4. The largest absolute Gasteiger partial charge is 0.496 e. The summed E-state index contributed by atoms with van der Waals surface area (Å²) in [7, 11) is 1.65. The van der Waals surface area contributed by atoms with Crippen molar-refractivity contribution in [2.45, 2.75) is 25.8 Å². The molecule has 1 aliphatic rings. The number of nitrogens with one attached hydrogen (secondary N) is 1. The van der Waals surface area contributed by atoms with Gasteiger partial charge in [0.25, 0.3) is 0 Å². The molecule has 0 bridgehead atoms. The van der Waals surface area contributed by atoms with Gasteiger partial charge < -0.3 is 10.1 Å². The zero-order valence-electron chi connectivity index (χ0n) is 15.3. The van der Waals surface area contributed by atoms with Crippen LogP contribution in [0.3, 0.4) is 0 Å². The van der Waals surface area contributed by atoms with Crippen molar-refractivity contribution in [3.63, 3.8) is 0 Å². The van der Waals surface area contributed by atoms with Gasteiger partial charge >= 0.3 is 0 Å². The van der Waals surface area contributed by atoms with Crippen molar-refractivity contribution in [1.82, 2.24) is 10.3 Å². The number of carbonyl (C=O) groups is 1. The van der Waals surface area contributed by atoms with Gasteiger partial charge in [0.15, 0.2) is 0 Å². The zero-order chi connectivity index (χ0) is 18.6. The molecule has 27 heavy (non-hydrogen) atoms. The van der Waals surface area contributed by atoms with Crippen LogP contribution in [0.1, 0.15) is 22.6 Å².